The number of hydrogen-bond acceptors (Lipinski definition) is 4. The van der Waals surface area contributed by atoms with E-state index in [2.05, 4.69) is 5.32 Å². The van der Waals surface area contributed by atoms with Crippen molar-refractivity contribution in [3.05, 3.63) is 97.9 Å². The third kappa shape index (κ3) is 9.51. The highest BCUT2D eigenvalue weighted by Gasteiger charge is 2.31. The molecule has 2 amide bonds. The highest BCUT2D eigenvalue weighted by Crippen LogP contribution is 2.31. The number of nitrogens with zero attached hydrogens (tertiary/aromatic N) is 2. The van der Waals surface area contributed by atoms with Crippen LogP contribution in [-0.2, 0) is 32.6 Å². The van der Waals surface area contributed by atoms with Gasteiger partial charge in [0.25, 0.3) is 0 Å². The number of halogens is 4. The minimum atomic E-state index is -3.75. The first-order valence-corrected chi connectivity index (χ1v) is 16.7. The minimum Gasteiger partial charge on any atom is -0.354 e. The van der Waals surface area contributed by atoms with E-state index in [9.17, 15) is 18.0 Å². The van der Waals surface area contributed by atoms with Crippen molar-refractivity contribution < 1.29 is 18.0 Å². The van der Waals surface area contributed by atoms with Crippen molar-refractivity contribution in [2.24, 2.45) is 0 Å². The Morgan fingerprint density at radius 1 is 0.905 bits per heavy atom. The molecule has 1 N–H and O–H groups in total. The fraction of sp³-hybridized carbons (Fsp3) is 0.333. The minimum absolute atomic E-state index is 0.00963. The van der Waals surface area contributed by atoms with Gasteiger partial charge in [0.1, 0.15) is 6.04 Å². The van der Waals surface area contributed by atoms with Crippen molar-refractivity contribution in [1.82, 2.24) is 10.2 Å². The molecule has 12 heteroatoms. The van der Waals surface area contributed by atoms with Gasteiger partial charge in [-0.25, -0.2) is 8.42 Å². The monoisotopic (exact) mass is 671 g/mol. The number of anilines is 1. The van der Waals surface area contributed by atoms with Crippen LogP contribution in [0.3, 0.4) is 0 Å². The van der Waals surface area contributed by atoms with E-state index >= 15 is 0 Å². The summed E-state index contributed by atoms with van der Waals surface area (Å²) in [6.07, 6.45) is 2.14. The summed E-state index contributed by atoms with van der Waals surface area (Å²) in [6.45, 7) is 2.35. The Bertz CT molecular complexity index is 1470. The zero-order valence-corrected chi connectivity index (χ0v) is 27.2. The Morgan fingerprint density at radius 3 is 2.19 bits per heavy atom. The largest absolute Gasteiger partial charge is 0.354 e. The maximum absolute atomic E-state index is 13.9. The van der Waals surface area contributed by atoms with Crippen LogP contribution >= 0.6 is 46.4 Å². The second kappa shape index (κ2) is 15.8. The van der Waals surface area contributed by atoms with Crippen molar-refractivity contribution >= 4 is 73.9 Å². The number of rotatable bonds is 14. The summed E-state index contributed by atoms with van der Waals surface area (Å²) in [7, 11) is -3.75. The van der Waals surface area contributed by atoms with Gasteiger partial charge < -0.3 is 10.2 Å². The fourth-order valence-electron chi connectivity index (χ4n) is 4.43. The SMILES string of the molecule is CCCNC(=O)[C@@H](Cc1ccccc1)N(Cc1c(Cl)cccc1Cl)C(=O)CCCN(c1cc(Cl)ccc1Cl)S(C)(=O)=O. The van der Waals surface area contributed by atoms with Crippen LogP contribution in [0.1, 0.15) is 37.3 Å². The summed E-state index contributed by atoms with van der Waals surface area (Å²) in [5.41, 5.74) is 1.61. The summed E-state index contributed by atoms with van der Waals surface area (Å²) in [5, 5.41) is 4.18. The molecule has 3 rings (SSSR count). The van der Waals surface area contributed by atoms with Gasteiger partial charge in [0.2, 0.25) is 21.8 Å². The van der Waals surface area contributed by atoms with Gasteiger partial charge in [-0.15, -0.1) is 0 Å². The van der Waals surface area contributed by atoms with Crippen LogP contribution < -0.4 is 9.62 Å². The van der Waals surface area contributed by atoms with Crippen molar-refractivity contribution in [3.8, 4) is 0 Å². The lowest BCUT2D eigenvalue weighted by atomic mass is 10.0. The molecule has 0 unspecified atom stereocenters. The molecule has 0 aromatic heterocycles. The second-order valence-electron chi connectivity index (χ2n) is 9.75. The number of benzene rings is 3. The van der Waals surface area contributed by atoms with Crippen LogP contribution in [0.15, 0.2) is 66.7 Å². The Balaban J connectivity index is 1.93. The third-order valence-electron chi connectivity index (χ3n) is 6.54. The number of nitrogens with one attached hydrogen (secondary N) is 1. The third-order valence-corrected chi connectivity index (χ3v) is 8.98. The number of sulfonamides is 1. The summed E-state index contributed by atoms with van der Waals surface area (Å²) in [4.78, 5) is 28.9. The van der Waals surface area contributed by atoms with Crippen molar-refractivity contribution in [2.75, 3.05) is 23.7 Å². The van der Waals surface area contributed by atoms with Gasteiger partial charge in [-0.2, -0.15) is 0 Å². The summed E-state index contributed by atoms with van der Waals surface area (Å²) < 4.78 is 26.5. The molecule has 0 spiro atoms. The first-order valence-electron chi connectivity index (χ1n) is 13.4. The van der Waals surface area contributed by atoms with Crippen molar-refractivity contribution in [2.45, 2.75) is 45.2 Å². The van der Waals surface area contributed by atoms with E-state index in [1.165, 1.54) is 17.0 Å². The van der Waals surface area contributed by atoms with E-state index in [1.54, 1.807) is 24.3 Å². The van der Waals surface area contributed by atoms with Gasteiger partial charge in [-0.05, 0) is 48.7 Å². The molecule has 0 fully saturated rings. The van der Waals surface area contributed by atoms with Crippen LogP contribution in [0.5, 0.6) is 0 Å². The molecule has 7 nitrogen and oxygen atoms in total. The van der Waals surface area contributed by atoms with E-state index in [0.717, 1.165) is 22.5 Å². The molecule has 3 aromatic rings. The highest BCUT2D eigenvalue weighted by molar-refractivity contribution is 7.92. The lowest BCUT2D eigenvalue weighted by Crippen LogP contribution is -2.50. The lowest BCUT2D eigenvalue weighted by molar-refractivity contribution is -0.141. The van der Waals surface area contributed by atoms with E-state index in [1.807, 2.05) is 37.3 Å². The zero-order chi connectivity index (χ0) is 30.9. The van der Waals surface area contributed by atoms with Crippen LogP contribution in [0.25, 0.3) is 0 Å². The maximum atomic E-state index is 13.9. The standard InChI is InChI=1S/C30H33Cl4N3O4S/c1-3-16-35-30(39)28(18-21-9-5-4-6-10-21)36(20-23-24(32)11-7-12-25(23)33)29(38)13-8-17-37(42(2,40)41)27-19-22(31)14-15-26(27)34/h4-7,9-12,14-15,19,28H,3,8,13,16-18,20H2,1-2H3,(H,35,39)/t28-/m1/s1. The van der Waals surface area contributed by atoms with Gasteiger partial charge in [0.15, 0.2) is 0 Å². The molecule has 0 saturated carbocycles. The Morgan fingerprint density at radius 2 is 1.57 bits per heavy atom. The molecule has 0 aliphatic rings. The maximum Gasteiger partial charge on any atom is 0.243 e. The smallest absolute Gasteiger partial charge is 0.243 e. The van der Waals surface area contributed by atoms with Crippen LogP contribution in [0.4, 0.5) is 5.69 Å². The van der Waals surface area contributed by atoms with Gasteiger partial charge in [0, 0.05) is 53.1 Å². The molecule has 0 bridgehead atoms. The van der Waals surface area contributed by atoms with Gasteiger partial charge in [0.05, 0.1) is 17.0 Å². The Labute approximate surface area is 267 Å². The van der Waals surface area contributed by atoms with E-state index in [4.69, 9.17) is 46.4 Å². The van der Waals surface area contributed by atoms with Crippen molar-refractivity contribution in [3.63, 3.8) is 0 Å². The van der Waals surface area contributed by atoms with Crippen LogP contribution in [-0.4, -0.2) is 50.5 Å². The second-order valence-corrected chi connectivity index (χ2v) is 13.3. The molecule has 0 saturated heterocycles. The van der Waals surface area contributed by atoms with Crippen molar-refractivity contribution in [1.29, 1.82) is 0 Å². The molecular weight excluding hydrogens is 640 g/mol. The Hall–Kier alpha value is -2.49. The van der Waals surface area contributed by atoms with E-state index in [-0.39, 0.29) is 54.9 Å². The highest BCUT2D eigenvalue weighted by atomic mass is 35.5. The van der Waals surface area contributed by atoms with E-state index < -0.39 is 16.1 Å². The molecule has 0 heterocycles. The fourth-order valence-corrected chi connectivity index (χ4v) is 6.36. The van der Waals surface area contributed by atoms with Gasteiger partial charge in [-0.1, -0.05) is 89.7 Å². The summed E-state index contributed by atoms with van der Waals surface area (Å²) >= 11 is 25.4. The number of carbonyl (C=O) groups is 2. The zero-order valence-electron chi connectivity index (χ0n) is 23.3. The lowest BCUT2D eigenvalue weighted by Gasteiger charge is -2.32. The Kier molecular flexibility index (Phi) is 12.8. The number of amides is 2. The predicted molar refractivity (Wildman–Crippen MR) is 172 cm³/mol. The molecular formula is C30H33Cl4N3O4S. The molecule has 226 valence electrons. The topological polar surface area (TPSA) is 86.8 Å². The first kappa shape index (κ1) is 34.0. The van der Waals surface area contributed by atoms with Gasteiger partial charge in [-0.3, -0.25) is 13.9 Å². The predicted octanol–water partition coefficient (Wildman–Crippen LogP) is 7.01. The first-order chi connectivity index (χ1) is 19.9. The van der Waals surface area contributed by atoms with Gasteiger partial charge >= 0.3 is 0 Å². The normalized spacial score (nSPS) is 12.0. The molecule has 1 atom stereocenters. The molecule has 0 aliphatic heterocycles. The molecule has 0 radical (unpaired) electrons. The average Bonchev–Trinajstić information content (AvgIpc) is 2.94. The quantitative estimate of drug-likeness (QED) is 0.200. The van der Waals surface area contributed by atoms with Crippen LogP contribution in [0.2, 0.25) is 20.1 Å². The summed E-state index contributed by atoms with van der Waals surface area (Å²) in [5.74, 6) is -0.662. The number of hydrogen-bond donors (Lipinski definition) is 1. The average molecular weight is 673 g/mol. The number of carbonyl (C=O) groups excluding carboxylic acids is 2. The summed E-state index contributed by atoms with van der Waals surface area (Å²) in [6, 6.07) is 18.1. The van der Waals surface area contributed by atoms with E-state index in [0.29, 0.717) is 27.2 Å². The molecule has 42 heavy (non-hydrogen) atoms. The van der Waals surface area contributed by atoms with Crippen LogP contribution in [0, 0.1) is 0 Å². The molecule has 3 aromatic carbocycles. The molecule has 0 aliphatic carbocycles.